The molecule has 0 unspecified atom stereocenters. The summed E-state index contributed by atoms with van der Waals surface area (Å²) in [5.74, 6) is -0.198. The van der Waals surface area contributed by atoms with Crippen molar-refractivity contribution in [3.8, 4) is 0 Å². The van der Waals surface area contributed by atoms with Gasteiger partial charge in [-0.05, 0) is 30.2 Å². The van der Waals surface area contributed by atoms with Crippen LogP contribution in [0.1, 0.15) is 12.5 Å². The maximum absolute atomic E-state index is 12.0. The van der Waals surface area contributed by atoms with E-state index >= 15 is 0 Å². The molecular weight excluding hydrogens is 307 g/mol. The zero-order valence-corrected chi connectivity index (χ0v) is 13.1. The minimum Gasteiger partial charge on any atom is -0.376 e. The van der Waals surface area contributed by atoms with Crippen molar-refractivity contribution in [2.75, 3.05) is 17.2 Å². The molecular formula is C16H16Cl2N2O. The lowest BCUT2D eigenvalue weighted by Gasteiger charge is -2.12. The highest BCUT2D eigenvalue weighted by molar-refractivity contribution is 6.39. The molecule has 2 aromatic rings. The second kappa shape index (κ2) is 7.34. The van der Waals surface area contributed by atoms with Crippen LogP contribution in [0.5, 0.6) is 0 Å². The monoisotopic (exact) mass is 322 g/mol. The number of benzene rings is 2. The molecule has 3 nitrogen and oxygen atoms in total. The summed E-state index contributed by atoms with van der Waals surface area (Å²) in [6, 6.07) is 13.0. The Morgan fingerprint density at radius 3 is 2.38 bits per heavy atom. The molecule has 2 rings (SSSR count). The zero-order chi connectivity index (χ0) is 15.2. The second-order valence-corrected chi connectivity index (χ2v) is 5.32. The van der Waals surface area contributed by atoms with E-state index in [1.165, 1.54) is 5.56 Å². The van der Waals surface area contributed by atoms with Gasteiger partial charge in [-0.3, -0.25) is 4.79 Å². The van der Waals surface area contributed by atoms with E-state index in [2.05, 4.69) is 17.6 Å². The maximum atomic E-state index is 12.0. The van der Waals surface area contributed by atoms with Crippen molar-refractivity contribution in [3.05, 3.63) is 58.1 Å². The smallest absolute Gasteiger partial charge is 0.243 e. The molecule has 0 atom stereocenters. The number of anilines is 2. The molecule has 0 saturated carbocycles. The molecule has 0 saturated heterocycles. The van der Waals surface area contributed by atoms with Crippen LogP contribution in [0, 0.1) is 0 Å². The molecule has 5 heteroatoms. The Kier molecular flexibility index (Phi) is 5.48. The zero-order valence-electron chi connectivity index (χ0n) is 11.6. The molecule has 0 aliphatic heterocycles. The van der Waals surface area contributed by atoms with Crippen LogP contribution in [-0.4, -0.2) is 12.5 Å². The van der Waals surface area contributed by atoms with Crippen LogP contribution in [0.25, 0.3) is 0 Å². The quantitative estimate of drug-likeness (QED) is 0.844. The summed E-state index contributed by atoms with van der Waals surface area (Å²) in [6.45, 7) is 2.22. The molecule has 2 aromatic carbocycles. The summed E-state index contributed by atoms with van der Waals surface area (Å²) >= 11 is 12.0. The van der Waals surface area contributed by atoms with Gasteiger partial charge in [-0.2, -0.15) is 0 Å². The number of halogens is 2. The first kappa shape index (κ1) is 15.7. The van der Waals surface area contributed by atoms with Gasteiger partial charge < -0.3 is 10.6 Å². The van der Waals surface area contributed by atoms with Gasteiger partial charge in [0.1, 0.15) is 0 Å². The van der Waals surface area contributed by atoms with Gasteiger partial charge in [-0.15, -0.1) is 0 Å². The van der Waals surface area contributed by atoms with Crippen molar-refractivity contribution < 1.29 is 4.79 Å². The van der Waals surface area contributed by atoms with Gasteiger partial charge >= 0.3 is 0 Å². The van der Waals surface area contributed by atoms with Crippen molar-refractivity contribution >= 4 is 40.5 Å². The summed E-state index contributed by atoms with van der Waals surface area (Å²) in [7, 11) is 0. The maximum Gasteiger partial charge on any atom is 0.243 e. The number of hydrogen-bond acceptors (Lipinski definition) is 2. The second-order valence-electron chi connectivity index (χ2n) is 4.51. The first-order valence-corrected chi connectivity index (χ1v) is 7.43. The molecule has 0 heterocycles. The fourth-order valence-electron chi connectivity index (χ4n) is 1.98. The molecule has 0 spiro atoms. The normalized spacial score (nSPS) is 10.2. The predicted octanol–water partition coefficient (Wildman–Crippen LogP) is 4.61. The largest absolute Gasteiger partial charge is 0.376 e. The molecule has 0 aliphatic rings. The number of aryl methyl sites for hydroxylation is 1. The minimum atomic E-state index is -0.198. The first-order valence-electron chi connectivity index (χ1n) is 6.67. The van der Waals surface area contributed by atoms with Gasteiger partial charge in [0.2, 0.25) is 5.91 Å². The lowest BCUT2D eigenvalue weighted by molar-refractivity contribution is -0.114. The van der Waals surface area contributed by atoms with Crippen LogP contribution in [0.3, 0.4) is 0 Å². The van der Waals surface area contributed by atoms with Crippen molar-refractivity contribution in [1.82, 2.24) is 0 Å². The number of carbonyl (C=O) groups is 1. The average molecular weight is 323 g/mol. The van der Waals surface area contributed by atoms with Crippen molar-refractivity contribution in [2.45, 2.75) is 13.3 Å². The Hall–Kier alpha value is -1.71. The van der Waals surface area contributed by atoms with E-state index in [1.807, 2.05) is 24.3 Å². The fraction of sp³-hybridized carbons (Fsp3) is 0.188. The van der Waals surface area contributed by atoms with Gasteiger partial charge in [-0.1, -0.05) is 54.4 Å². The van der Waals surface area contributed by atoms with E-state index in [-0.39, 0.29) is 12.5 Å². The molecule has 21 heavy (non-hydrogen) atoms. The Morgan fingerprint density at radius 2 is 1.71 bits per heavy atom. The lowest BCUT2D eigenvalue weighted by atomic mass is 10.1. The summed E-state index contributed by atoms with van der Waals surface area (Å²) in [4.78, 5) is 12.0. The summed E-state index contributed by atoms with van der Waals surface area (Å²) in [5, 5.41) is 6.69. The van der Waals surface area contributed by atoms with Crippen molar-refractivity contribution in [3.63, 3.8) is 0 Å². The van der Waals surface area contributed by atoms with Gasteiger partial charge in [-0.25, -0.2) is 0 Å². The van der Waals surface area contributed by atoms with Crippen LogP contribution in [0.4, 0.5) is 11.4 Å². The number of amides is 1. The molecule has 1 amide bonds. The first-order chi connectivity index (χ1) is 10.1. The summed E-state index contributed by atoms with van der Waals surface area (Å²) in [5.41, 5.74) is 2.57. The Morgan fingerprint density at radius 1 is 1.05 bits per heavy atom. The SMILES string of the molecule is CCc1ccccc1NCC(=O)Nc1c(Cl)cccc1Cl. The van der Waals surface area contributed by atoms with E-state index in [0.29, 0.717) is 15.7 Å². The third-order valence-corrected chi connectivity index (χ3v) is 3.69. The molecule has 0 bridgehead atoms. The van der Waals surface area contributed by atoms with Gasteiger partial charge in [0, 0.05) is 5.69 Å². The van der Waals surface area contributed by atoms with Gasteiger partial charge in [0.15, 0.2) is 0 Å². The van der Waals surface area contributed by atoms with Crippen LogP contribution in [0.2, 0.25) is 10.0 Å². The van der Waals surface area contributed by atoms with E-state index in [9.17, 15) is 4.79 Å². The lowest BCUT2D eigenvalue weighted by Crippen LogP contribution is -2.22. The number of hydrogen-bond donors (Lipinski definition) is 2. The van der Waals surface area contributed by atoms with Crippen molar-refractivity contribution in [1.29, 1.82) is 0 Å². The molecule has 0 aliphatic carbocycles. The van der Waals surface area contributed by atoms with E-state index in [1.54, 1.807) is 18.2 Å². The Balaban J connectivity index is 1.99. The standard InChI is InChI=1S/C16H16Cl2N2O/c1-2-11-6-3-4-9-14(11)19-10-15(21)20-16-12(17)7-5-8-13(16)18/h3-9,19H,2,10H2,1H3,(H,20,21). The number of rotatable bonds is 5. The summed E-state index contributed by atoms with van der Waals surface area (Å²) in [6.07, 6.45) is 0.904. The Labute approximate surface area is 134 Å². The number of nitrogens with one attached hydrogen (secondary N) is 2. The molecule has 2 N–H and O–H groups in total. The van der Waals surface area contributed by atoms with Gasteiger partial charge in [0.05, 0.1) is 22.3 Å². The highest BCUT2D eigenvalue weighted by Gasteiger charge is 2.09. The van der Waals surface area contributed by atoms with Crippen LogP contribution in [0.15, 0.2) is 42.5 Å². The summed E-state index contributed by atoms with van der Waals surface area (Å²) < 4.78 is 0. The van der Waals surface area contributed by atoms with Crippen LogP contribution < -0.4 is 10.6 Å². The topological polar surface area (TPSA) is 41.1 Å². The fourth-order valence-corrected chi connectivity index (χ4v) is 2.47. The van der Waals surface area contributed by atoms with Gasteiger partial charge in [0.25, 0.3) is 0 Å². The number of para-hydroxylation sites is 2. The van der Waals surface area contributed by atoms with E-state index in [0.717, 1.165) is 12.1 Å². The highest BCUT2D eigenvalue weighted by atomic mass is 35.5. The van der Waals surface area contributed by atoms with E-state index < -0.39 is 0 Å². The average Bonchev–Trinajstić information content (AvgIpc) is 2.49. The minimum absolute atomic E-state index is 0.151. The Bertz CT molecular complexity index is 624. The van der Waals surface area contributed by atoms with Crippen LogP contribution >= 0.6 is 23.2 Å². The third-order valence-electron chi connectivity index (χ3n) is 3.06. The van der Waals surface area contributed by atoms with Crippen LogP contribution in [-0.2, 0) is 11.2 Å². The highest BCUT2D eigenvalue weighted by Crippen LogP contribution is 2.29. The molecule has 110 valence electrons. The van der Waals surface area contributed by atoms with E-state index in [4.69, 9.17) is 23.2 Å². The predicted molar refractivity (Wildman–Crippen MR) is 89.4 cm³/mol. The number of carbonyl (C=O) groups excluding carboxylic acids is 1. The molecule has 0 aromatic heterocycles. The third kappa shape index (κ3) is 4.13. The van der Waals surface area contributed by atoms with Crippen molar-refractivity contribution in [2.24, 2.45) is 0 Å². The molecule has 0 radical (unpaired) electrons. The molecule has 0 fully saturated rings.